The Morgan fingerprint density at radius 1 is 0.792 bits per heavy atom. The van der Waals surface area contributed by atoms with Gasteiger partial charge in [0.05, 0.1) is 37.5 Å². The number of carbonyl (C=O) groups is 1. The first-order valence-electron chi connectivity index (χ1n) is 14.4. The lowest BCUT2D eigenvalue weighted by atomic mass is 10.1. The molecule has 1 unspecified atom stereocenters. The smallest absolute Gasteiger partial charge is 0.416 e. The highest BCUT2D eigenvalue weighted by molar-refractivity contribution is 5.73. The molecule has 48 heavy (non-hydrogen) atoms. The Balaban J connectivity index is 1.19. The Labute approximate surface area is 271 Å². The van der Waals surface area contributed by atoms with Gasteiger partial charge >= 0.3 is 12.4 Å². The van der Waals surface area contributed by atoms with Crippen LogP contribution in [0.5, 0.6) is 0 Å². The van der Waals surface area contributed by atoms with Crippen molar-refractivity contribution in [1.29, 1.82) is 0 Å². The highest BCUT2D eigenvalue weighted by atomic mass is 19.4. The molecule has 2 aromatic heterocycles. The van der Waals surface area contributed by atoms with Crippen LogP contribution in [0.3, 0.4) is 0 Å². The van der Waals surface area contributed by atoms with Crippen molar-refractivity contribution in [2.24, 2.45) is 0 Å². The van der Waals surface area contributed by atoms with Gasteiger partial charge in [-0.15, -0.1) is 0 Å². The van der Waals surface area contributed by atoms with Gasteiger partial charge in [0.2, 0.25) is 17.7 Å². The summed E-state index contributed by atoms with van der Waals surface area (Å²) in [6.45, 7) is 1.97. The van der Waals surface area contributed by atoms with Crippen molar-refractivity contribution in [2.75, 3.05) is 26.8 Å². The van der Waals surface area contributed by atoms with E-state index in [1.54, 1.807) is 12.2 Å². The van der Waals surface area contributed by atoms with Gasteiger partial charge in [0.25, 0.3) is 0 Å². The van der Waals surface area contributed by atoms with E-state index in [0.717, 1.165) is 24.3 Å². The summed E-state index contributed by atoms with van der Waals surface area (Å²) < 4.78 is 104. The van der Waals surface area contributed by atoms with Gasteiger partial charge in [-0.2, -0.15) is 26.3 Å². The van der Waals surface area contributed by atoms with Crippen molar-refractivity contribution >= 4 is 30.2 Å². The fraction of sp³-hybridized carbons (Fsp3) is 0.303. The number of nitrogens with zero attached hydrogens (tertiary/aromatic N) is 3. The zero-order chi connectivity index (χ0) is 34.7. The van der Waals surface area contributed by atoms with Crippen LogP contribution in [0.1, 0.15) is 52.3 Å². The normalized spacial score (nSPS) is 13.1. The molecule has 0 aliphatic carbocycles. The van der Waals surface area contributed by atoms with Crippen LogP contribution in [0.2, 0.25) is 0 Å². The van der Waals surface area contributed by atoms with E-state index in [1.165, 1.54) is 67.9 Å². The molecule has 0 saturated carbocycles. The third-order valence-electron chi connectivity index (χ3n) is 6.70. The van der Waals surface area contributed by atoms with Crippen molar-refractivity contribution in [3.63, 3.8) is 0 Å². The first-order valence-corrected chi connectivity index (χ1v) is 14.4. The van der Waals surface area contributed by atoms with Crippen molar-refractivity contribution in [3.05, 3.63) is 106 Å². The first-order chi connectivity index (χ1) is 22.8. The number of halogens is 6. The molecule has 0 spiro atoms. The fourth-order valence-corrected chi connectivity index (χ4v) is 4.11. The number of carbonyl (C=O) groups excluding carboxylic acids is 1. The molecule has 1 atom stereocenters. The van der Waals surface area contributed by atoms with Crippen molar-refractivity contribution in [3.8, 4) is 0 Å². The number of methoxy groups -OCH3 is 1. The Bertz CT molecular complexity index is 1660. The Hall–Kier alpha value is -4.73. The topological polar surface area (TPSA) is 100 Å². The third kappa shape index (κ3) is 11.2. The number of rotatable bonds is 15. The van der Waals surface area contributed by atoms with Gasteiger partial charge in [-0.3, -0.25) is 4.79 Å². The molecule has 0 saturated heterocycles. The summed E-state index contributed by atoms with van der Waals surface area (Å²) in [5.41, 5.74) is 0.509. The number of aromatic nitrogens is 2. The number of ether oxygens (including phenoxy) is 3. The molecule has 4 aromatic rings. The minimum absolute atomic E-state index is 0.000176. The lowest BCUT2D eigenvalue weighted by molar-refractivity contribution is -0.156. The second-order valence-corrected chi connectivity index (χ2v) is 10.3. The van der Waals surface area contributed by atoms with E-state index in [9.17, 15) is 31.1 Å². The molecule has 256 valence electrons. The van der Waals surface area contributed by atoms with Gasteiger partial charge in [-0.25, -0.2) is 9.97 Å². The monoisotopic (exact) mass is 679 g/mol. The van der Waals surface area contributed by atoms with E-state index in [0.29, 0.717) is 22.5 Å². The summed E-state index contributed by atoms with van der Waals surface area (Å²) in [6, 6.07) is 9.31. The number of alkyl halides is 6. The molecule has 1 amide bonds. The molecule has 0 aliphatic rings. The van der Waals surface area contributed by atoms with Crippen molar-refractivity contribution in [1.82, 2.24) is 14.9 Å². The molecule has 0 fully saturated rings. The Kier molecular flexibility index (Phi) is 12.3. The van der Waals surface area contributed by atoms with Crippen LogP contribution in [0.15, 0.2) is 69.9 Å². The van der Waals surface area contributed by atoms with Crippen LogP contribution >= 0.6 is 0 Å². The van der Waals surface area contributed by atoms with Crippen LogP contribution in [-0.2, 0) is 44.6 Å². The molecule has 0 bridgehead atoms. The molecule has 2 heterocycles. The highest BCUT2D eigenvalue weighted by Crippen LogP contribution is 2.30. The number of oxazole rings is 2. The summed E-state index contributed by atoms with van der Waals surface area (Å²) in [4.78, 5) is 22.2. The largest absolute Gasteiger partial charge is 0.445 e. The third-order valence-corrected chi connectivity index (χ3v) is 6.70. The second kappa shape index (κ2) is 16.4. The van der Waals surface area contributed by atoms with Crippen molar-refractivity contribution in [2.45, 2.75) is 38.8 Å². The zero-order valence-corrected chi connectivity index (χ0v) is 25.8. The molecule has 0 N–H and O–H groups in total. The molecule has 4 rings (SSSR count). The van der Waals surface area contributed by atoms with E-state index in [4.69, 9.17) is 23.0 Å². The van der Waals surface area contributed by atoms with E-state index in [1.807, 2.05) is 0 Å². The zero-order valence-electron chi connectivity index (χ0n) is 25.8. The van der Waals surface area contributed by atoms with Gasteiger partial charge in [0.1, 0.15) is 23.9 Å². The fourth-order valence-electron chi connectivity index (χ4n) is 4.11. The maximum Gasteiger partial charge on any atom is 0.416 e. The number of amides is 1. The highest BCUT2D eigenvalue weighted by Gasteiger charge is 2.30. The van der Waals surface area contributed by atoms with Gasteiger partial charge in [0.15, 0.2) is 6.29 Å². The lowest BCUT2D eigenvalue weighted by Crippen LogP contribution is -2.40. The van der Waals surface area contributed by atoms with Crippen LogP contribution in [0.25, 0.3) is 24.3 Å². The number of benzene rings is 2. The van der Waals surface area contributed by atoms with E-state index in [2.05, 4.69) is 9.97 Å². The maximum absolute atomic E-state index is 12.7. The van der Waals surface area contributed by atoms with Crippen LogP contribution in [0, 0.1) is 0 Å². The Morgan fingerprint density at radius 3 is 1.71 bits per heavy atom. The summed E-state index contributed by atoms with van der Waals surface area (Å²) in [5.74, 6) is 0.228. The average Bonchev–Trinajstić information content (AvgIpc) is 3.71. The predicted molar refractivity (Wildman–Crippen MR) is 161 cm³/mol. The predicted octanol–water partition coefficient (Wildman–Crippen LogP) is 7.60. The van der Waals surface area contributed by atoms with Crippen LogP contribution in [-0.4, -0.2) is 53.9 Å². The molecule has 0 aliphatic heterocycles. The second-order valence-electron chi connectivity index (χ2n) is 10.3. The minimum Gasteiger partial charge on any atom is -0.445 e. The molecule has 9 nitrogen and oxygen atoms in total. The lowest BCUT2D eigenvalue weighted by Gasteiger charge is -2.25. The number of hydrogen-bond acceptors (Lipinski definition) is 8. The van der Waals surface area contributed by atoms with Crippen LogP contribution in [0.4, 0.5) is 26.3 Å². The number of hydrogen-bond donors (Lipinski definition) is 0. The summed E-state index contributed by atoms with van der Waals surface area (Å²) in [6.07, 6.45) is -0.688. The van der Waals surface area contributed by atoms with Gasteiger partial charge in [0, 0.05) is 32.7 Å². The summed E-state index contributed by atoms with van der Waals surface area (Å²) >= 11 is 0. The van der Waals surface area contributed by atoms with E-state index in [-0.39, 0.29) is 50.6 Å². The first kappa shape index (κ1) is 36.1. The van der Waals surface area contributed by atoms with E-state index >= 15 is 0 Å². The molecule has 2 aromatic carbocycles. The molecule has 0 radical (unpaired) electrons. The van der Waals surface area contributed by atoms with Gasteiger partial charge in [-0.1, -0.05) is 24.3 Å². The summed E-state index contributed by atoms with van der Waals surface area (Å²) in [5, 5.41) is 0. The minimum atomic E-state index is -4.41. The van der Waals surface area contributed by atoms with E-state index < -0.39 is 29.8 Å². The molecule has 15 heteroatoms. The van der Waals surface area contributed by atoms with Crippen molar-refractivity contribution < 1.29 is 54.2 Å². The Morgan fingerprint density at radius 2 is 1.27 bits per heavy atom. The molecular weight excluding hydrogens is 648 g/mol. The SMILES string of the molecule is COC(CN(CCOCc1coc(/C=C/c2ccc(C(F)(F)F)cc2)n1)C(C)=O)OCc1coc(/C=C/c2ccc(C(F)(F)F)cc2)n1. The average molecular weight is 680 g/mol. The summed E-state index contributed by atoms with van der Waals surface area (Å²) in [7, 11) is 1.43. The van der Waals surface area contributed by atoms with Gasteiger partial charge in [-0.05, 0) is 47.5 Å². The van der Waals surface area contributed by atoms with Crippen LogP contribution < -0.4 is 0 Å². The standard InChI is InChI=1S/C33H31F6N3O6/c1-22(43)42(15-16-45-18-27-19-46-29(40-27)13-7-23-3-9-25(10-4-23)32(34,35)36)17-31(44-2)48-21-28-20-47-30(41-28)14-8-24-5-11-26(12-6-24)33(37,38)39/h3-14,19-20,31H,15-18,21H2,1-2H3/b13-7+,14-8+. The maximum atomic E-state index is 12.7. The quantitative estimate of drug-likeness (QED) is 0.0720. The molecular formula is C33H31F6N3O6. The van der Waals surface area contributed by atoms with Gasteiger partial charge < -0.3 is 27.9 Å².